The number of aromatic nitrogens is 1. The number of ether oxygens (including phenoxy) is 1. The Morgan fingerprint density at radius 1 is 1.44 bits per heavy atom. The zero-order valence-corrected chi connectivity index (χ0v) is 9.63. The number of piperidine rings is 1. The molecule has 2 atom stereocenters. The van der Waals surface area contributed by atoms with E-state index in [-0.39, 0.29) is 0 Å². The average Bonchev–Trinajstić information content (AvgIpc) is 2.87. The van der Waals surface area contributed by atoms with E-state index in [2.05, 4.69) is 9.88 Å². The maximum atomic E-state index is 5.49. The molecule has 2 aliphatic heterocycles. The fraction of sp³-hybridized carbons (Fsp3) is 0.750. The number of hydrogen-bond donors (Lipinski definition) is 0. The fourth-order valence-corrected chi connectivity index (χ4v) is 3.18. The van der Waals surface area contributed by atoms with Crippen molar-refractivity contribution in [2.24, 2.45) is 0 Å². The Kier molecular flexibility index (Phi) is 2.69. The van der Waals surface area contributed by atoms with Gasteiger partial charge in [-0.25, -0.2) is 4.98 Å². The summed E-state index contributed by atoms with van der Waals surface area (Å²) in [4.78, 5) is 6.78. The van der Waals surface area contributed by atoms with Gasteiger partial charge in [-0.15, -0.1) is 0 Å². The summed E-state index contributed by atoms with van der Waals surface area (Å²) in [5, 5.41) is 0. The first-order chi connectivity index (χ1) is 7.86. The van der Waals surface area contributed by atoms with E-state index in [1.54, 1.807) is 6.26 Å². The van der Waals surface area contributed by atoms with Crippen molar-refractivity contribution in [2.75, 3.05) is 7.11 Å². The van der Waals surface area contributed by atoms with Crippen LogP contribution >= 0.6 is 0 Å². The zero-order valence-electron chi connectivity index (χ0n) is 9.63. The van der Waals surface area contributed by atoms with Gasteiger partial charge in [-0.2, -0.15) is 0 Å². The summed E-state index contributed by atoms with van der Waals surface area (Å²) < 4.78 is 10.5. The number of methoxy groups -OCH3 is 1. The molecular weight excluding hydrogens is 204 g/mol. The Bertz CT molecular complexity index is 325. The van der Waals surface area contributed by atoms with Gasteiger partial charge in [-0.1, -0.05) is 0 Å². The number of hydrogen-bond acceptors (Lipinski definition) is 4. The van der Waals surface area contributed by atoms with Gasteiger partial charge in [0.15, 0.2) is 6.39 Å². The molecule has 16 heavy (non-hydrogen) atoms. The molecule has 2 aliphatic rings. The molecule has 2 fully saturated rings. The minimum atomic E-state index is 0.464. The van der Waals surface area contributed by atoms with Gasteiger partial charge in [0.1, 0.15) is 6.26 Å². The molecule has 1 aromatic rings. The quantitative estimate of drug-likeness (QED) is 0.782. The lowest BCUT2D eigenvalue weighted by atomic mass is 9.99. The smallest absolute Gasteiger partial charge is 0.180 e. The summed E-state index contributed by atoms with van der Waals surface area (Å²) in [6, 6.07) is 1.36. The Balaban J connectivity index is 1.69. The van der Waals surface area contributed by atoms with Crippen molar-refractivity contribution in [3.05, 3.63) is 18.4 Å². The van der Waals surface area contributed by atoms with E-state index in [4.69, 9.17) is 9.15 Å². The number of fused-ring (bicyclic) bond motifs is 2. The zero-order chi connectivity index (χ0) is 11.0. The van der Waals surface area contributed by atoms with Gasteiger partial charge < -0.3 is 9.15 Å². The van der Waals surface area contributed by atoms with Crippen molar-refractivity contribution < 1.29 is 9.15 Å². The summed E-state index contributed by atoms with van der Waals surface area (Å²) in [5.41, 5.74) is 1.05. The van der Waals surface area contributed by atoms with Crippen LogP contribution in [0.1, 0.15) is 31.4 Å². The van der Waals surface area contributed by atoms with Crippen molar-refractivity contribution >= 4 is 0 Å². The van der Waals surface area contributed by atoms with Crippen LogP contribution in [-0.4, -0.2) is 35.2 Å². The number of oxazole rings is 1. The van der Waals surface area contributed by atoms with E-state index in [1.807, 2.05) is 7.11 Å². The van der Waals surface area contributed by atoms with Crippen LogP contribution in [0, 0.1) is 0 Å². The van der Waals surface area contributed by atoms with Crippen LogP contribution in [0.3, 0.4) is 0 Å². The lowest BCUT2D eigenvalue weighted by Crippen LogP contribution is -2.44. The highest BCUT2D eigenvalue weighted by Gasteiger charge is 2.40. The minimum absolute atomic E-state index is 0.464. The second kappa shape index (κ2) is 4.18. The van der Waals surface area contributed by atoms with Crippen LogP contribution in [0.15, 0.2) is 17.1 Å². The Morgan fingerprint density at radius 2 is 2.19 bits per heavy atom. The van der Waals surface area contributed by atoms with Gasteiger partial charge in [0.2, 0.25) is 0 Å². The third-order valence-electron chi connectivity index (χ3n) is 4.00. The van der Waals surface area contributed by atoms with Crippen LogP contribution in [0.2, 0.25) is 0 Å². The molecule has 88 valence electrons. The third kappa shape index (κ3) is 1.76. The normalized spacial score (nSPS) is 34.4. The molecule has 0 saturated carbocycles. The molecular formula is C12H18N2O2. The van der Waals surface area contributed by atoms with Crippen LogP contribution in [0.5, 0.6) is 0 Å². The first-order valence-corrected chi connectivity index (χ1v) is 6.02. The van der Waals surface area contributed by atoms with Gasteiger partial charge in [0.25, 0.3) is 0 Å². The molecule has 4 heteroatoms. The molecule has 0 N–H and O–H groups in total. The van der Waals surface area contributed by atoms with E-state index in [9.17, 15) is 0 Å². The van der Waals surface area contributed by atoms with Gasteiger partial charge in [-0.3, -0.25) is 4.90 Å². The highest BCUT2D eigenvalue weighted by atomic mass is 16.5. The van der Waals surface area contributed by atoms with Gasteiger partial charge >= 0.3 is 0 Å². The average molecular weight is 222 g/mol. The molecule has 0 aliphatic carbocycles. The molecule has 0 aromatic carbocycles. The molecule has 0 amide bonds. The molecule has 3 rings (SSSR count). The van der Waals surface area contributed by atoms with Gasteiger partial charge in [0, 0.05) is 25.7 Å². The van der Waals surface area contributed by atoms with E-state index >= 15 is 0 Å². The largest absolute Gasteiger partial charge is 0.451 e. The van der Waals surface area contributed by atoms with Crippen molar-refractivity contribution in [3.8, 4) is 0 Å². The van der Waals surface area contributed by atoms with Crippen LogP contribution < -0.4 is 0 Å². The third-order valence-corrected chi connectivity index (χ3v) is 4.00. The lowest BCUT2D eigenvalue weighted by molar-refractivity contribution is 0.00206. The maximum absolute atomic E-state index is 5.49. The van der Waals surface area contributed by atoms with Crippen molar-refractivity contribution in [1.82, 2.24) is 9.88 Å². The fourth-order valence-electron chi connectivity index (χ4n) is 3.18. The van der Waals surface area contributed by atoms with E-state index in [0.29, 0.717) is 18.2 Å². The van der Waals surface area contributed by atoms with Crippen molar-refractivity contribution in [3.63, 3.8) is 0 Å². The van der Waals surface area contributed by atoms with E-state index in [0.717, 1.165) is 12.2 Å². The molecule has 4 nitrogen and oxygen atoms in total. The second-order valence-electron chi connectivity index (χ2n) is 4.87. The van der Waals surface area contributed by atoms with Crippen LogP contribution in [-0.2, 0) is 11.3 Å². The standard InChI is InChI=1S/C12H18N2O2/c1-15-12-4-10-2-3-11(5-12)14(10)6-9-7-16-8-13-9/h7-8,10-12H,2-6H2,1H3. The highest BCUT2D eigenvalue weighted by molar-refractivity contribution is 5.00. The van der Waals surface area contributed by atoms with Crippen LogP contribution in [0.4, 0.5) is 0 Å². The predicted octanol–water partition coefficient (Wildman–Crippen LogP) is 1.82. The summed E-state index contributed by atoms with van der Waals surface area (Å²) in [5.74, 6) is 0. The molecule has 1 aromatic heterocycles. The first-order valence-electron chi connectivity index (χ1n) is 6.02. The summed E-state index contributed by atoms with van der Waals surface area (Å²) in [6.45, 7) is 0.933. The topological polar surface area (TPSA) is 38.5 Å². The predicted molar refractivity (Wildman–Crippen MR) is 58.9 cm³/mol. The van der Waals surface area contributed by atoms with E-state index in [1.165, 1.54) is 32.1 Å². The summed E-state index contributed by atoms with van der Waals surface area (Å²) in [6.07, 6.45) is 8.69. The second-order valence-corrected chi connectivity index (χ2v) is 4.87. The van der Waals surface area contributed by atoms with Crippen molar-refractivity contribution in [2.45, 2.75) is 50.4 Å². The first kappa shape index (κ1) is 10.3. The molecule has 2 saturated heterocycles. The highest BCUT2D eigenvalue weighted by Crippen LogP contribution is 2.37. The Labute approximate surface area is 95.6 Å². The van der Waals surface area contributed by atoms with Gasteiger partial charge in [0.05, 0.1) is 11.8 Å². The van der Waals surface area contributed by atoms with E-state index < -0.39 is 0 Å². The number of nitrogens with zero attached hydrogens (tertiary/aromatic N) is 2. The molecule has 2 unspecified atom stereocenters. The minimum Gasteiger partial charge on any atom is -0.451 e. The number of rotatable bonds is 3. The Morgan fingerprint density at radius 3 is 2.75 bits per heavy atom. The molecule has 3 heterocycles. The SMILES string of the molecule is COC1CC2CCC(C1)N2Cc1cocn1. The summed E-state index contributed by atoms with van der Waals surface area (Å²) >= 11 is 0. The molecule has 2 bridgehead atoms. The lowest BCUT2D eigenvalue weighted by Gasteiger charge is -2.37. The Hall–Kier alpha value is -0.870. The maximum Gasteiger partial charge on any atom is 0.180 e. The molecule has 0 radical (unpaired) electrons. The van der Waals surface area contributed by atoms with Crippen LogP contribution in [0.25, 0.3) is 0 Å². The molecule has 0 spiro atoms. The summed E-state index contributed by atoms with van der Waals surface area (Å²) in [7, 11) is 1.83. The van der Waals surface area contributed by atoms with Crippen molar-refractivity contribution in [1.29, 1.82) is 0 Å². The van der Waals surface area contributed by atoms with Gasteiger partial charge in [-0.05, 0) is 25.7 Å². The monoisotopic (exact) mass is 222 g/mol.